The lowest BCUT2D eigenvalue weighted by molar-refractivity contribution is 0.410. The molecule has 2 heterocycles. The van der Waals surface area contributed by atoms with Gasteiger partial charge in [0.15, 0.2) is 5.65 Å². The number of hydrogen-bond acceptors (Lipinski definition) is 5. The van der Waals surface area contributed by atoms with Crippen LogP contribution >= 0.6 is 11.6 Å². The van der Waals surface area contributed by atoms with E-state index in [1.54, 1.807) is 13.3 Å². The molecule has 6 heteroatoms. The number of hydrogen-bond donors (Lipinski definition) is 1. The number of pyridine rings is 1. The minimum atomic E-state index is 0.504. The maximum absolute atomic E-state index is 6.23. The van der Waals surface area contributed by atoms with Crippen LogP contribution in [0.1, 0.15) is 5.56 Å². The molecule has 0 aliphatic heterocycles. The van der Waals surface area contributed by atoms with Gasteiger partial charge in [-0.05, 0) is 24.3 Å². The summed E-state index contributed by atoms with van der Waals surface area (Å²) in [5.74, 6) is 1.46. The van der Waals surface area contributed by atoms with Crippen molar-refractivity contribution in [1.82, 2.24) is 15.0 Å². The van der Waals surface area contributed by atoms with Gasteiger partial charge in [-0.25, -0.2) is 15.0 Å². The van der Waals surface area contributed by atoms with Crippen molar-refractivity contribution in [3.05, 3.63) is 53.4 Å². The van der Waals surface area contributed by atoms with Crippen LogP contribution in [0.25, 0.3) is 11.0 Å². The van der Waals surface area contributed by atoms with Crippen LogP contribution in [-0.2, 0) is 6.54 Å². The Labute approximate surface area is 127 Å². The van der Waals surface area contributed by atoms with Crippen LogP contribution in [0.4, 0.5) is 5.82 Å². The Kier molecular flexibility index (Phi) is 3.83. The molecule has 3 rings (SSSR count). The number of benzene rings is 1. The molecule has 1 aromatic carbocycles. The van der Waals surface area contributed by atoms with Gasteiger partial charge in [-0.1, -0.05) is 17.7 Å². The van der Waals surface area contributed by atoms with E-state index in [1.807, 2.05) is 30.3 Å². The van der Waals surface area contributed by atoms with Gasteiger partial charge >= 0.3 is 0 Å². The molecule has 0 radical (unpaired) electrons. The first-order valence-corrected chi connectivity index (χ1v) is 6.78. The van der Waals surface area contributed by atoms with Crippen molar-refractivity contribution >= 4 is 28.5 Å². The molecule has 0 saturated heterocycles. The number of ether oxygens (including phenoxy) is 1. The summed E-state index contributed by atoms with van der Waals surface area (Å²) in [5, 5.41) is 4.78. The van der Waals surface area contributed by atoms with Gasteiger partial charge in [0.2, 0.25) is 0 Å². The van der Waals surface area contributed by atoms with Crippen LogP contribution in [0.15, 0.2) is 42.9 Å². The van der Waals surface area contributed by atoms with Gasteiger partial charge in [-0.2, -0.15) is 0 Å². The van der Waals surface area contributed by atoms with E-state index in [2.05, 4.69) is 20.3 Å². The van der Waals surface area contributed by atoms with E-state index in [9.17, 15) is 0 Å². The summed E-state index contributed by atoms with van der Waals surface area (Å²) in [5.41, 5.74) is 1.54. The highest BCUT2D eigenvalue weighted by atomic mass is 35.5. The van der Waals surface area contributed by atoms with E-state index in [0.29, 0.717) is 17.2 Å². The Balaban J connectivity index is 1.91. The van der Waals surface area contributed by atoms with E-state index in [4.69, 9.17) is 16.3 Å². The number of fused-ring (bicyclic) bond motifs is 1. The van der Waals surface area contributed by atoms with Crippen molar-refractivity contribution in [3.8, 4) is 5.75 Å². The lowest BCUT2D eigenvalue weighted by Crippen LogP contribution is -2.05. The van der Waals surface area contributed by atoms with Gasteiger partial charge in [0.1, 0.15) is 17.9 Å². The lowest BCUT2D eigenvalue weighted by Gasteiger charge is -2.12. The Morgan fingerprint density at radius 3 is 2.90 bits per heavy atom. The molecule has 0 fully saturated rings. The molecule has 1 N–H and O–H groups in total. The zero-order chi connectivity index (χ0) is 14.7. The Morgan fingerprint density at radius 2 is 2.05 bits per heavy atom. The molecule has 0 aliphatic rings. The SMILES string of the molecule is COc1cccc(Cl)c1CNc1ncnc2ncccc12. The van der Waals surface area contributed by atoms with E-state index in [1.165, 1.54) is 6.33 Å². The zero-order valence-corrected chi connectivity index (χ0v) is 12.1. The van der Waals surface area contributed by atoms with Crippen molar-refractivity contribution in [3.63, 3.8) is 0 Å². The topological polar surface area (TPSA) is 59.9 Å². The molecule has 0 amide bonds. The molecule has 2 aromatic heterocycles. The molecule has 0 aliphatic carbocycles. The average molecular weight is 301 g/mol. The smallest absolute Gasteiger partial charge is 0.164 e. The Morgan fingerprint density at radius 1 is 1.14 bits per heavy atom. The van der Waals surface area contributed by atoms with E-state index in [0.717, 1.165) is 22.5 Å². The fraction of sp³-hybridized carbons (Fsp3) is 0.133. The van der Waals surface area contributed by atoms with E-state index >= 15 is 0 Å². The first kappa shape index (κ1) is 13.6. The summed E-state index contributed by atoms with van der Waals surface area (Å²) >= 11 is 6.23. The highest BCUT2D eigenvalue weighted by Crippen LogP contribution is 2.27. The molecule has 3 aromatic rings. The number of anilines is 1. The monoisotopic (exact) mass is 300 g/mol. The van der Waals surface area contributed by atoms with Crippen LogP contribution in [0, 0.1) is 0 Å². The van der Waals surface area contributed by atoms with Crippen molar-refractivity contribution in [2.75, 3.05) is 12.4 Å². The van der Waals surface area contributed by atoms with Crippen LogP contribution < -0.4 is 10.1 Å². The number of halogens is 1. The summed E-state index contributed by atoms with van der Waals surface area (Å²) < 4.78 is 5.33. The van der Waals surface area contributed by atoms with E-state index < -0.39 is 0 Å². The molecular weight excluding hydrogens is 288 g/mol. The second-order valence-corrected chi connectivity index (χ2v) is 4.78. The minimum Gasteiger partial charge on any atom is -0.496 e. The average Bonchev–Trinajstić information content (AvgIpc) is 2.53. The molecule has 106 valence electrons. The predicted octanol–water partition coefficient (Wildman–Crippen LogP) is 3.30. The molecule has 0 saturated carbocycles. The molecular formula is C15H13ClN4O. The van der Waals surface area contributed by atoms with Crippen LogP contribution in [-0.4, -0.2) is 22.1 Å². The number of nitrogens with one attached hydrogen (secondary N) is 1. The van der Waals surface area contributed by atoms with Crippen molar-refractivity contribution in [2.45, 2.75) is 6.54 Å². The molecule has 21 heavy (non-hydrogen) atoms. The fourth-order valence-electron chi connectivity index (χ4n) is 2.11. The fourth-order valence-corrected chi connectivity index (χ4v) is 2.34. The predicted molar refractivity (Wildman–Crippen MR) is 82.7 cm³/mol. The summed E-state index contributed by atoms with van der Waals surface area (Å²) in [6.45, 7) is 0.504. The van der Waals surface area contributed by atoms with Crippen molar-refractivity contribution in [1.29, 1.82) is 0 Å². The van der Waals surface area contributed by atoms with Crippen LogP contribution in [0.3, 0.4) is 0 Å². The normalized spacial score (nSPS) is 10.6. The Hall–Kier alpha value is -2.40. The zero-order valence-electron chi connectivity index (χ0n) is 11.4. The van der Waals surface area contributed by atoms with Gasteiger partial charge in [0, 0.05) is 23.3 Å². The summed E-state index contributed by atoms with van der Waals surface area (Å²) in [6.07, 6.45) is 3.19. The third-order valence-electron chi connectivity index (χ3n) is 3.14. The lowest BCUT2D eigenvalue weighted by atomic mass is 10.2. The Bertz CT molecular complexity index is 773. The highest BCUT2D eigenvalue weighted by molar-refractivity contribution is 6.31. The standard InChI is InChI=1S/C15H13ClN4O/c1-21-13-6-2-5-12(16)11(13)8-18-15-10-4-3-7-17-14(10)19-9-20-15/h2-7,9H,8H2,1H3,(H,17,18,19,20). The molecule has 0 bridgehead atoms. The highest BCUT2D eigenvalue weighted by Gasteiger charge is 2.09. The van der Waals surface area contributed by atoms with Gasteiger partial charge < -0.3 is 10.1 Å². The first-order chi connectivity index (χ1) is 10.3. The molecule has 5 nitrogen and oxygen atoms in total. The number of methoxy groups -OCH3 is 1. The molecule has 0 unspecified atom stereocenters. The summed E-state index contributed by atoms with van der Waals surface area (Å²) in [7, 11) is 1.62. The third-order valence-corrected chi connectivity index (χ3v) is 3.49. The van der Waals surface area contributed by atoms with Crippen molar-refractivity contribution in [2.24, 2.45) is 0 Å². The van der Waals surface area contributed by atoms with Gasteiger partial charge in [-0.3, -0.25) is 0 Å². The quantitative estimate of drug-likeness (QED) is 0.801. The summed E-state index contributed by atoms with van der Waals surface area (Å²) in [6, 6.07) is 9.35. The van der Waals surface area contributed by atoms with Gasteiger partial charge in [-0.15, -0.1) is 0 Å². The van der Waals surface area contributed by atoms with E-state index in [-0.39, 0.29) is 0 Å². The number of rotatable bonds is 4. The maximum atomic E-state index is 6.23. The second kappa shape index (κ2) is 5.93. The van der Waals surface area contributed by atoms with Crippen LogP contribution in [0.5, 0.6) is 5.75 Å². The summed E-state index contributed by atoms with van der Waals surface area (Å²) in [4.78, 5) is 12.6. The van der Waals surface area contributed by atoms with Crippen LogP contribution in [0.2, 0.25) is 5.02 Å². The minimum absolute atomic E-state index is 0.504. The third kappa shape index (κ3) is 2.73. The molecule has 0 atom stereocenters. The maximum Gasteiger partial charge on any atom is 0.164 e. The van der Waals surface area contributed by atoms with Gasteiger partial charge in [0.25, 0.3) is 0 Å². The number of nitrogens with zero attached hydrogens (tertiary/aromatic N) is 3. The van der Waals surface area contributed by atoms with Gasteiger partial charge in [0.05, 0.1) is 12.5 Å². The van der Waals surface area contributed by atoms with Crippen molar-refractivity contribution < 1.29 is 4.74 Å². The number of aromatic nitrogens is 3. The second-order valence-electron chi connectivity index (χ2n) is 4.37. The largest absolute Gasteiger partial charge is 0.496 e. The molecule has 0 spiro atoms. The first-order valence-electron chi connectivity index (χ1n) is 6.40.